The Hall–Kier alpha value is -2.95. The average molecular weight is 278 g/mol. The lowest BCUT2D eigenvalue weighted by Crippen LogP contribution is -2.13. The molecular formula is C12H8F2N4O2. The fourth-order valence-corrected chi connectivity index (χ4v) is 1.47. The molecule has 2 aromatic rings. The van der Waals surface area contributed by atoms with Crippen LogP contribution in [0.15, 0.2) is 30.5 Å². The Morgan fingerprint density at radius 1 is 1.50 bits per heavy atom. The monoisotopic (exact) mass is 278 g/mol. The van der Waals surface area contributed by atoms with E-state index in [1.54, 1.807) is 0 Å². The normalized spacial score (nSPS) is 10.1. The predicted molar refractivity (Wildman–Crippen MR) is 64.3 cm³/mol. The van der Waals surface area contributed by atoms with Gasteiger partial charge in [0.2, 0.25) is 0 Å². The number of H-pyrrole nitrogens is 1. The van der Waals surface area contributed by atoms with Gasteiger partial charge in [-0.3, -0.25) is 9.89 Å². The fourth-order valence-electron chi connectivity index (χ4n) is 1.47. The molecule has 0 saturated heterocycles. The van der Waals surface area contributed by atoms with Crippen molar-refractivity contribution in [2.45, 2.75) is 6.61 Å². The van der Waals surface area contributed by atoms with E-state index in [0.29, 0.717) is 0 Å². The summed E-state index contributed by atoms with van der Waals surface area (Å²) in [4.78, 5) is 11.9. The number of ether oxygens (including phenoxy) is 1. The van der Waals surface area contributed by atoms with Crippen molar-refractivity contribution in [1.29, 1.82) is 5.26 Å². The van der Waals surface area contributed by atoms with Crippen LogP contribution in [0.4, 0.5) is 14.6 Å². The minimum Gasteiger partial charge on any atom is -0.435 e. The molecule has 0 bridgehead atoms. The van der Waals surface area contributed by atoms with E-state index in [1.807, 2.05) is 6.07 Å². The van der Waals surface area contributed by atoms with Gasteiger partial charge in [-0.1, -0.05) is 6.07 Å². The molecule has 0 unspecified atom stereocenters. The van der Waals surface area contributed by atoms with Crippen LogP contribution >= 0.6 is 0 Å². The van der Waals surface area contributed by atoms with Crippen molar-refractivity contribution in [2.75, 3.05) is 5.32 Å². The van der Waals surface area contributed by atoms with Gasteiger partial charge < -0.3 is 10.1 Å². The second kappa shape index (κ2) is 5.79. The summed E-state index contributed by atoms with van der Waals surface area (Å²) >= 11 is 0. The number of halogens is 2. The van der Waals surface area contributed by atoms with Crippen molar-refractivity contribution < 1.29 is 18.3 Å². The van der Waals surface area contributed by atoms with Crippen LogP contribution in [0.3, 0.4) is 0 Å². The first-order valence-corrected chi connectivity index (χ1v) is 5.40. The van der Waals surface area contributed by atoms with Crippen molar-refractivity contribution in [1.82, 2.24) is 10.2 Å². The van der Waals surface area contributed by atoms with Crippen molar-refractivity contribution >= 4 is 11.7 Å². The number of aromatic nitrogens is 2. The van der Waals surface area contributed by atoms with E-state index >= 15 is 0 Å². The summed E-state index contributed by atoms with van der Waals surface area (Å²) in [6, 6.07) is 7.15. The van der Waals surface area contributed by atoms with Crippen LogP contribution in [0, 0.1) is 11.3 Å². The van der Waals surface area contributed by atoms with Gasteiger partial charge in [-0.05, 0) is 18.2 Å². The molecule has 2 rings (SSSR count). The van der Waals surface area contributed by atoms with Crippen LogP contribution in [0.25, 0.3) is 0 Å². The molecule has 1 heterocycles. The third kappa shape index (κ3) is 3.08. The quantitative estimate of drug-likeness (QED) is 0.896. The van der Waals surface area contributed by atoms with Gasteiger partial charge in [0.25, 0.3) is 5.91 Å². The van der Waals surface area contributed by atoms with Crippen LogP contribution < -0.4 is 10.1 Å². The zero-order valence-electron chi connectivity index (χ0n) is 9.93. The number of amides is 1. The number of aromatic amines is 1. The summed E-state index contributed by atoms with van der Waals surface area (Å²) in [7, 11) is 0. The number of nitrogens with one attached hydrogen (secondary N) is 2. The lowest BCUT2D eigenvalue weighted by Gasteiger charge is -2.07. The van der Waals surface area contributed by atoms with Crippen LogP contribution in [0.5, 0.6) is 5.75 Å². The molecule has 1 aromatic heterocycles. The van der Waals surface area contributed by atoms with Gasteiger partial charge in [0.15, 0.2) is 0 Å². The predicted octanol–water partition coefficient (Wildman–Crippen LogP) is 2.14. The van der Waals surface area contributed by atoms with E-state index < -0.39 is 12.5 Å². The summed E-state index contributed by atoms with van der Waals surface area (Å²) in [5.41, 5.74) is 0.278. The molecule has 1 aromatic carbocycles. The van der Waals surface area contributed by atoms with Crippen LogP contribution in [-0.2, 0) is 0 Å². The molecule has 0 atom stereocenters. The molecule has 0 radical (unpaired) electrons. The number of carbonyl (C=O) groups is 1. The zero-order valence-corrected chi connectivity index (χ0v) is 9.93. The van der Waals surface area contributed by atoms with E-state index in [1.165, 1.54) is 30.5 Å². The molecule has 0 saturated carbocycles. The third-order valence-corrected chi connectivity index (χ3v) is 2.32. The Labute approximate surface area is 112 Å². The maximum absolute atomic E-state index is 12.1. The Morgan fingerprint density at radius 2 is 2.30 bits per heavy atom. The van der Waals surface area contributed by atoms with E-state index in [4.69, 9.17) is 5.26 Å². The fraction of sp³-hybridized carbons (Fsp3) is 0.0833. The molecule has 0 aliphatic carbocycles. The summed E-state index contributed by atoms with van der Waals surface area (Å²) < 4.78 is 28.4. The molecule has 8 heteroatoms. The molecule has 0 aliphatic rings. The maximum atomic E-state index is 12.1. The van der Waals surface area contributed by atoms with Gasteiger partial charge in [-0.2, -0.15) is 19.1 Å². The first-order chi connectivity index (χ1) is 9.60. The molecule has 6 nitrogen and oxygen atoms in total. The van der Waals surface area contributed by atoms with Gasteiger partial charge in [-0.15, -0.1) is 0 Å². The molecule has 2 N–H and O–H groups in total. The Balaban J connectivity index is 2.15. The average Bonchev–Trinajstić information content (AvgIpc) is 2.85. The zero-order chi connectivity index (χ0) is 14.5. The lowest BCUT2D eigenvalue weighted by atomic mass is 10.2. The number of hydrogen-bond donors (Lipinski definition) is 2. The number of alkyl halides is 2. The SMILES string of the molecule is N#Cc1cn[nH]c1NC(=O)c1cccc(OC(F)F)c1. The number of nitriles is 1. The minimum absolute atomic E-state index is 0.113. The van der Waals surface area contributed by atoms with E-state index in [-0.39, 0.29) is 22.7 Å². The van der Waals surface area contributed by atoms with Gasteiger partial charge >= 0.3 is 6.61 Å². The van der Waals surface area contributed by atoms with Crippen molar-refractivity contribution in [3.05, 3.63) is 41.6 Å². The van der Waals surface area contributed by atoms with E-state index in [2.05, 4.69) is 20.3 Å². The van der Waals surface area contributed by atoms with E-state index in [9.17, 15) is 13.6 Å². The molecule has 0 spiro atoms. The number of nitrogens with zero attached hydrogens (tertiary/aromatic N) is 2. The summed E-state index contributed by atoms with van der Waals surface area (Å²) in [5.74, 6) is -0.569. The highest BCUT2D eigenvalue weighted by atomic mass is 19.3. The highest BCUT2D eigenvalue weighted by Gasteiger charge is 2.12. The molecule has 20 heavy (non-hydrogen) atoms. The van der Waals surface area contributed by atoms with Crippen molar-refractivity contribution in [3.63, 3.8) is 0 Å². The van der Waals surface area contributed by atoms with Gasteiger partial charge in [0, 0.05) is 5.56 Å². The third-order valence-electron chi connectivity index (χ3n) is 2.32. The maximum Gasteiger partial charge on any atom is 0.387 e. The van der Waals surface area contributed by atoms with Crippen molar-refractivity contribution in [2.24, 2.45) is 0 Å². The molecule has 102 valence electrons. The van der Waals surface area contributed by atoms with Crippen LogP contribution in [0.1, 0.15) is 15.9 Å². The topological polar surface area (TPSA) is 90.8 Å². The highest BCUT2D eigenvalue weighted by Crippen LogP contribution is 2.17. The highest BCUT2D eigenvalue weighted by molar-refractivity contribution is 6.04. The lowest BCUT2D eigenvalue weighted by molar-refractivity contribution is -0.0498. The van der Waals surface area contributed by atoms with Crippen molar-refractivity contribution in [3.8, 4) is 11.8 Å². The number of benzene rings is 1. The molecule has 0 aliphatic heterocycles. The summed E-state index contributed by atoms with van der Waals surface area (Å²) in [6.45, 7) is -2.97. The number of hydrogen-bond acceptors (Lipinski definition) is 4. The Kier molecular flexibility index (Phi) is 3.91. The van der Waals surface area contributed by atoms with Gasteiger partial charge in [0.05, 0.1) is 6.20 Å². The van der Waals surface area contributed by atoms with Crippen LogP contribution in [-0.4, -0.2) is 22.7 Å². The number of anilines is 1. The first kappa shape index (κ1) is 13.5. The first-order valence-electron chi connectivity index (χ1n) is 5.40. The number of rotatable bonds is 4. The van der Waals surface area contributed by atoms with Gasteiger partial charge in [-0.25, -0.2) is 0 Å². The largest absolute Gasteiger partial charge is 0.435 e. The second-order valence-electron chi connectivity index (χ2n) is 3.63. The standard InChI is InChI=1S/C12H8F2N4O2/c13-12(14)20-9-3-1-2-7(4-9)11(19)17-10-8(5-15)6-16-18-10/h1-4,6,12H,(H2,16,17,18,19). The molecular weight excluding hydrogens is 270 g/mol. The van der Waals surface area contributed by atoms with Crippen LogP contribution in [0.2, 0.25) is 0 Å². The minimum atomic E-state index is -2.97. The second-order valence-corrected chi connectivity index (χ2v) is 3.63. The smallest absolute Gasteiger partial charge is 0.387 e. The Bertz CT molecular complexity index is 663. The van der Waals surface area contributed by atoms with Gasteiger partial charge in [0.1, 0.15) is 23.2 Å². The Morgan fingerprint density at radius 3 is 3.00 bits per heavy atom. The molecule has 1 amide bonds. The van der Waals surface area contributed by atoms with E-state index in [0.717, 1.165) is 0 Å². The number of carbonyl (C=O) groups excluding carboxylic acids is 1. The molecule has 0 fully saturated rings. The summed E-state index contributed by atoms with van der Waals surface area (Å²) in [6.07, 6.45) is 1.26. The summed E-state index contributed by atoms with van der Waals surface area (Å²) in [5, 5.41) is 17.2.